The summed E-state index contributed by atoms with van der Waals surface area (Å²) < 4.78 is 0. The summed E-state index contributed by atoms with van der Waals surface area (Å²) in [5.41, 5.74) is 4.13. The molecule has 1 aliphatic rings. The van der Waals surface area contributed by atoms with Crippen LogP contribution in [0.5, 0.6) is 0 Å². The van der Waals surface area contributed by atoms with Crippen LogP contribution in [0.2, 0.25) is 0 Å². The Bertz CT molecular complexity index is 524. The van der Waals surface area contributed by atoms with Gasteiger partial charge in [0.1, 0.15) is 0 Å². The van der Waals surface area contributed by atoms with E-state index in [0.717, 1.165) is 12.1 Å². The first-order valence-corrected chi connectivity index (χ1v) is 6.98. The summed E-state index contributed by atoms with van der Waals surface area (Å²) in [6.07, 6.45) is 1.43. The highest BCUT2D eigenvalue weighted by atomic mass is 32.1. The first-order chi connectivity index (χ1) is 8.83. The lowest BCUT2D eigenvalue weighted by molar-refractivity contribution is -0.119. The van der Waals surface area contributed by atoms with E-state index >= 15 is 0 Å². The number of aromatic nitrogens is 1. The van der Waals surface area contributed by atoms with Crippen LogP contribution in [0.1, 0.15) is 23.6 Å². The molecule has 0 radical (unpaired) electrons. The van der Waals surface area contributed by atoms with Crippen LogP contribution in [0.4, 0.5) is 0 Å². The van der Waals surface area contributed by atoms with Gasteiger partial charge in [-0.25, -0.2) is 4.98 Å². The van der Waals surface area contributed by atoms with Crippen molar-refractivity contribution in [1.29, 1.82) is 0 Å². The number of benzene rings is 1. The van der Waals surface area contributed by atoms with Crippen molar-refractivity contribution in [3.8, 4) is 0 Å². The Labute approximate surface area is 110 Å². The molecule has 2 atom stereocenters. The number of carbonyl (C=O) groups is 1. The normalized spacial score (nSPS) is 23.0. The van der Waals surface area contributed by atoms with E-state index in [0.29, 0.717) is 6.42 Å². The first-order valence-electron chi connectivity index (χ1n) is 6.04. The summed E-state index contributed by atoms with van der Waals surface area (Å²) in [6, 6.07) is 10.4. The standard InChI is InChI=1S/C14H14N2OS/c17-14-7-11(13-8-18-9-15-13)12(16-14)6-10-4-2-1-3-5-10/h1-5,8-9,11-12H,6-7H2,(H,16,17). The van der Waals surface area contributed by atoms with Crippen LogP contribution in [0.15, 0.2) is 41.2 Å². The predicted molar refractivity (Wildman–Crippen MR) is 71.5 cm³/mol. The second kappa shape index (κ2) is 4.90. The largest absolute Gasteiger partial charge is 0.352 e. The highest BCUT2D eigenvalue weighted by Gasteiger charge is 2.34. The molecular formula is C14H14N2OS. The van der Waals surface area contributed by atoms with Gasteiger partial charge in [-0.15, -0.1) is 11.3 Å². The number of thiazole rings is 1. The van der Waals surface area contributed by atoms with Crippen molar-refractivity contribution in [2.75, 3.05) is 0 Å². The molecule has 4 heteroatoms. The van der Waals surface area contributed by atoms with Gasteiger partial charge in [0, 0.05) is 23.8 Å². The van der Waals surface area contributed by atoms with E-state index in [1.54, 1.807) is 11.3 Å². The Morgan fingerprint density at radius 2 is 2.17 bits per heavy atom. The second-order valence-electron chi connectivity index (χ2n) is 4.59. The van der Waals surface area contributed by atoms with Gasteiger partial charge in [0.05, 0.1) is 11.2 Å². The van der Waals surface area contributed by atoms with E-state index in [9.17, 15) is 4.79 Å². The molecule has 0 saturated carbocycles. The van der Waals surface area contributed by atoms with E-state index in [1.807, 2.05) is 29.1 Å². The summed E-state index contributed by atoms with van der Waals surface area (Å²) in [6.45, 7) is 0. The Hall–Kier alpha value is -1.68. The zero-order chi connectivity index (χ0) is 12.4. The summed E-state index contributed by atoms with van der Waals surface area (Å²) >= 11 is 1.59. The van der Waals surface area contributed by atoms with Crippen LogP contribution in [-0.2, 0) is 11.2 Å². The monoisotopic (exact) mass is 258 g/mol. The van der Waals surface area contributed by atoms with Crippen LogP contribution in [-0.4, -0.2) is 16.9 Å². The molecule has 1 aromatic heterocycles. The van der Waals surface area contributed by atoms with Gasteiger partial charge < -0.3 is 5.32 Å². The summed E-state index contributed by atoms with van der Waals surface area (Å²) in [5.74, 6) is 0.345. The highest BCUT2D eigenvalue weighted by Crippen LogP contribution is 2.30. The van der Waals surface area contributed by atoms with Gasteiger partial charge in [-0.2, -0.15) is 0 Å². The Morgan fingerprint density at radius 1 is 1.33 bits per heavy atom. The molecule has 2 heterocycles. The Morgan fingerprint density at radius 3 is 2.89 bits per heavy atom. The lowest BCUT2D eigenvalue weighted by Gasteiger charge is -2.17. The van der Waals surface area contributed by atoms with Crippen molar-refractivity contribution in [1.82, 2.24) is 10.3 Å². The number of hydrogen-bond donors (Lipinski definition) is 1. The van der Waals surface area contributed by atoms with Crippen LogP contribution < -0.4 is 5.32 Å². The molecule has 1 fully saturated rings. The van der Waals surface area contributed by atoms with Crippen LogP contribution in [0.25, 0.3) is 0 Å². The van der Waals surface area contributed by atoms with Crippen molar-refractivity contribution >= 4 is 17.2 Å². The molecule has 1 saturated heterocycles. The molecule has 1 aliphatic heterocycles. The molecule has 0 bridgehead atoms. The number of hydrogen-bond acceptors (Lipinski definition) is 3. The van der Waals surface area contributed by atoms with Gasteiger partial charge in [0.15, 0.2) is 0 Å². The number of rotatable bonds is 3. The minimum absolute atomic E-state index is 0.133. The van der Waals surface area contributed by atoms with Crippen molar-refractivity contribution in [2.24, 2.45) is 0 Å². The van der Waals surface area contributed by atoms with Crippen LogP contribution >= 0.6 is 11.3 Å². The second-order valence-corrected chi connectivity index (χ2v) is 5.31. The SMILES string of the molecule is O=C1CC(c2cscn2)C(Cc2ccccc2)N1. The molecule has 0 spiro atoms. The number of carbonyl (C=O) groups excluding carboxylic acids is 1. The molecule has 1 amide bonds. The molecule has 1 N–H and O–H groups in total. The van der Waals surface area contributed by atoms with Crippen LogP contribution in [0, 0.1) is 0 Å². The summed E-state index contributed by atoms with van der Waals surface area (Å²) in [5, 5.41) is 5.11. The van der Waals surface area contributed by atoms with Crippen molar-refractivity contribution in [3.63, 3.8) is 0 Å². The number of amides is 1. The molecule has 18 heavy (non-hydrogen) atoms. The zero-order valence-corrected chi connectivity index (χ0v) is 10.7. The van der Waals surface area contributed by atoms with Gasteiger partial charge in [0.25, 0.3) is 0 Å². The molecule has 2 aromatic rings. The lowest BCUT2D eigenvalue weighted by Crippen LogP contribution is -2.30. The zero-order valence-electron chi connectivity index (χ0n) is 9.87. The molecule has 3 nitrogen and oxygen atoms in total. The molecule has 1 aromatic carbocycles. The van der Waals surface area contributed by atoms with E-state index in [2.05, 4.69) is 22.4 Å². The minimum atomic E-state index is 0.133. The molecular weight excluding hydrogens is 244 g/mol. The third kappa shape index (κ3) is 2.29. The van der Waals surface area contributed by atoms with E-state index in [-0.39, 0.29) is 17.9 Å². The van der Waals surface area contributed by atoms with Gasteiger partial charge in [-0.3, -0.25) is 4.79 Å². The molecule has 2 unspecified atom stereocenters. The van der Waals surface area contributed by atoms with E-state index < -0.39 is 0 Å². The molecule has 0 aliphatic carbocycles. The third-order valence-electron chi connectivity index (χ3n) is 3.37. The van der Waals surface area contributed by atoms with E-state index in [1.165, 1.54) is 5.56 Å². The lowest BCUT2D eigenvalue weighted by atomic mass is 9.92. The van der Waals surface area contributed by atoms with Gasteiger partial charge in [0.2, 0.25) is 5.91 Å². The number of nitrogens with one attached hydrogen (secondary N) is 1. The van der Waals surface area contributed by atoms with Crippen molar-refractivity contribution < 1.29 is 4.79 Å². The van der Waals surface area contributed by atoms with Gasteiger partial charge in [-0.1, -0.05) is 30.3 Å². The predicted octanol–water partition coefficient (Wildman–Crippen LogP) is 2.36. The van der Waals surface area contributed by atoms with Crippen molar-refractivity contribution in [3.05, 3.63) is 52.5 Å². The van der Waals surface area contributed by atoms with Crippen molar-refractivity contribution in [2.45, 2.75) is 24.8 Å². The maximum Gasteiger partial charge on any atom is 0.220 e. The van der Waals surface area contributed by atoms with Crippen LogP contribution in [0.3, 0.4) is 0 Å². The fraction of sp³-hybridized carbons (Fsp3) is 0.286. The molecule has 92 valence electrons. The summed E-state index contributed by atoms with van der Waals surface area (Å²) in [4.78, 5) is 16.0. The Balaban J connectivity index is 1.80. The topological polar surface area (TPSA) is 42.0 Å². The van der Waals surface area contributed by atoms with Gasteiger partial charge >= 0.3 is 0 Å². The summed E-state index contributed by atoms with van der Waals surface area (Å²) in [7, 11) is 0. The van der Waals surface area contributed by atoms with E-state index in [4.69, 9.17) is 0 Å². The number of nitrogens with zero attached hydrogens (tertiary/aromatic N) is 1. The fourth-order valence-corrected chi connectivity index (χ4v) is 3.10. The van der Waals surface area contributed by atoms with Gasteiger partial charge in [-0.05, 0) is 12.0 Å². The molecule has 3 rings (SSSR count). The average Bonchev–Trinajstić information content (AvgIpc) is 3.00. The fourth-order valence-electron chi connectivity index (χ4n) is 2.49. The third-order valence-corrected chi connectivity index (χ3v) is 3.97. The quantitative estimate of drug-likeness (QED) is 0.918. The maximum atomic E-state index is 11.6. The minimum Gasteiger partial charge on any atom is -0.352 e. The first kappa shape index (κ1) is 11.4. The highest BCUT2D eigenvalue weighted by molar-refractivity contribution is 7.07. The maximum absolute atomic E-state index is 11.6. The Kier molecular flexibility index (Phi) is 3.11. The average molecular weight is 258 g/mol. The smallest absolute Gasteiger partial charge is 0.220 e.